The van der Waals surface area contributed by atoms with Gasteiger partial charge >= 0.3 is 0 Å². The average molecular weight is 288 g/mol. The Morgan fingerprint density at radius 3 is 2.43 bits per heavy atom. The number of carbonyl (C=O) groups is 1. The zero-order chi connectivity index (χ0) is 15.4. The summed E-state index contributed by atoms with van der Waals surface area (Å²) in [6.07, 6.45) is 0. The van der Waals surface area contributed by atoms with Gasteiger partial charge in [-0.05, 0) is 38.7 Å². The molecule has 0 bridgehead atoms. The van der Waals surface area contributed by atoms with Crippen molar-refractivity contribution in [1.29, 1.82) is 0 Å². The van der Waals surface area contributed by atoms with Crippen molar-refractivity contribution in [3.05, 3.63) is 46.8 Å². The van der Waals surface area contributed by atoms with E-state index in [2.05, 4.69) is 56.3 Å². The standard InChI is InChI=1S/C15H20N4O2/c1-10-5-7-12(8-6-10)13(19(3)4)9-16-15(20)14-11(2)17-21-18-14/h5-8,13H,9H2,1-4H3,(H,16,20)/t13-/m0/s1. The summed E-state index contributed by atoms with van der Waals surface area (Å²) in [7, 11) is 3.97. The van der Waals surface area contributed by atoms with Gasteiger partial charge in [-0.1, -0.05) is 35.0 Å². The third-order valence-corrected chi connectivity index (χ3v) is 3.41. The van der Waals surface area contributed by atoms with E-state index >= 15 is 0 Å². The van der Waals surface area contributed by atoms with E-state index in [-0.39, 0.29) is 17.6 Å². The van der Waals surface area contributed by atoms with Crippen LogP contribution in [0.1, 0.15) is 33.4 Å². The van der Waals surface area contributed by atoms with Crippen LogP contribution in [0, 0.1) is 13.8 Å². The number of carbonyl (C=O) groups excluding carboxylic acids is 1. The summed E-state index contributed by atoms with van der Waals surface area (Å²) in [5.41, 5.74) is 3.09. The lowest BCUT2D eigenvalue weighted by Gasteiger charge is -2.25. The fraction of sp³-hybridized carbons (Fsp3) is 0.400. The fourth-order valence-corrected chi connectivity index (χ4v) is 2.10. The van der Waals surface area contributed by atoms with Gasteiger partial charge in [0, 0.05) is 6.54 Å². The molecule has 1 aromatic carbocycles. The van der Waals surface area contributed by atoms with Crippen LogP contribution in [0.15, 0.2) is 28.9 Å². The summed E-state index contributed by atoms with van der Waals surface area (Å²) in [5, 5.41) is 10.1. The second-order valence-electron chi connectivity index (χ2n) is 5.30. The topological polar surface area (TPSA) is 71.3 Å². The Bertz CT molecular complexity index is 604. The second-order valence-corrected chi connectivity index (χ2v) is 5.30. The van der Waals surface area contributed by atoms with Gasteiger partial charge in [-0.2, -0.15) is 0 Å². The Kier molecular flexibility index (Phi) is 4.70. The molecule has 21 heavy (non-hydrogen) atoms. The van der Waals surface area contributed by atoms with E-state index in [0.717, 1.165) is 5.56 Å². The van der Waals surface area contributed by atoms with Crippen LogP contribution < -0.4 is 5.32 Å². The summed E-state index contributed by atoms with van der Waals surface area (Å²) < 4.78 is 4.55. The SMILES string of the molecule is Cc1ccc([C@H](CNC(=O)c2nonc2C)N(C)C)cc1. The van der Waals surface area contributed by atoms with Gasteiger partial charge in [-0.3, -0.25) is 4.79 Å². The third-order valence-electron chi connectivity index (χ3n) is 3.41. The molecule has 1 aromatic heterocycles. The largest absolute Gasteiger partial charge is 0.349 e. The number of hydrogen-bond donors (Lipinski definition) is 1. The maximum absolute atomic E-state index is 12.0. The van der Waals surface area contributed by atoms with Gasteiger partial charge in [0.25, 0.3) is 5.91 Å². The second kappa shape index (κ2) is 6.49. The predicted molar refractivity (Wildman–Crippen MR) is 79.0 cm³/mol. The summed E-state index contributed by atoms with van der Waals surface area (Å²) in [6, 6.07) is 8.39. The Labute approximate surface area is 124 Å². The fourth-order valence-electron chi connectivity index (χ4n) is 2.10. The molecule has 0 unspecified atom stereocenters. The van der Waals surface area contributed by atoms with E-state index in [1.807, 2.05) is 14.1 Å². The molecule has 0 spiro atoms. The molecule has 0 radical (unpaired) electrons. The Morgan fingerprint density at radius 1 is 1.24 bits per heavy atom. The lowest BCUT2D eigenvalue weighted by atomic mass is 10.0. The zero-order valence-electron chi connectivity index (χ0n) is 12.8. The predicted octanol–water partition coefficient (Wildman–Crippen LogP) is 1.72. The van der Waals surface area contributed by atoms with Crippen molar-refractivity contribution in [3.63, 3.8) is 0 Å². The quantitative estimate of drug-likeness (QED) is 0.907. The van der Waals surface area contributed by atoms with E-state index in [1.165, 1.54) is 5.56 Å². The van der Waals surface area contributed by atoms with Crippen LogP contribution in [0.5, 0.6) is 0 Å². The maximum atomic E-state index is 12.0. The molecule has 2 aromatic rings. The van der Waals surface area contributed by atoms with E-state index in [0.29, 0.717) is 12.2 Å². The van der Waals surface area contributed by atoms with Gasteiger partial charge in [0.15, 0.2) is 5.69 Å². The minimum atomic E-state index is -0.271. The number of aromatic nitrogens is 2. The molecular formula is C15H20N4O2. The van der Waals surface area contributed by atoms with E-state index in [9.17, 15) is 4.79 Å². The first-order chi connectivity index (χ1) is 9.99. The van der Waals surface area contributed by atoms with Crippen molar-refractivity contribution in [1.82, 2.24) is 20.5 Å². The first-order valence-corrected chi connectivity index (χ1v) is 6.79. The van der Waals surface area contributed by atoms with E-state index < -0.39 is 0 Å². The maximum Gasteiger partial charge on any atom is 0.275 e. The Balaban J connectivity index is 2.06. The van der Waals surface area contributed by atoms with Gasteiger partial charge in [0.2, 0.25) is 0 Å². The van der Waals surface area contributed by atoms with Crippen LogP contribution in [0.4, 0.5) is 0 Å². The molecule has 0 aliphatic rings. The molecule has 0 saturated carbocycles. The minimum absolute atomic E-state index is 0.0923. The highest BCUT2D eigenvalue weighted by molar-refractivity contribution is 5.92. The van der Waals surface area contributed by atoms with Crippen LogP contribution in [-0.4, -0.2) is 41.8 Å². The lowest BCUT2D eigenvalue weighted by molar-refractivity contribution is 0.0931. The first kappa shape index (κ1) is 15.2. The summed E-state index contributed by atoms with van der Waals surface area (Å²) in [4.78, 5) is 14.1. The summed E-state index contributed by atoms with van der Waals surface area (Å²) >= 11 is 0. The number of nitrogens with zero attached hydrogens (tertiary/aromatic N) is 3. The first-order valence-electron chi connectivity index (χ1n) is 6.79. The van der Waals surface area contributed by atoms with Crippen LogP contribution >= 0.6 is 0 Å². The molecule has 0 aliphatic heterocycles. The lowest BCUT2D eigenvalue weighted by Crippen LogP contribution is -2.35. The van der Waals surface area contributed by atoms with E-state index in [1.54, 1.807) is 6.92 Å². The van der Waals surface area contributed by atoms with Gasteiger partial charge in [-0.15, -0.1) is 0 Å². The average Bonchev–Trinajstić information content (AvgIpc) is 2.86. The van der Waals surface area contributed by atoms with E-state index in [4.69, 9.17) is 0 Å². The van der Waals surface area contributed by atoms with Gasteiger partial charge in [0.05, 0.1) is 6.04 Å². The molecule has 2 rings (SSSR count). The van der Waals surface area contributed by atoms with Gasteiger partial charge < -0.3 is 10.2 Å². The normalized spacial score (nSPS) is 12.4. The van der Waals surface area contributed by atoms with Crippen molar-refractivity contribution < 1.29 is 9.42 Å². The molecule has 1 amide bonds. The molecule has 0 fully saturated rings. The zero-order valence-corrected chi connectivity index (χ0v) is 12.8. The van der Waals surface area contributed by atoms with Crippen molar-refractivity contribution in [3.8, 4) is 0 Å². The smallest absolute Gasteiger partial charge is 0.275 e. The highest BCUT2D eigenvalue weighted by atomic mass is 16.6. The van der Waals surface area contributed by atoms with Crippen LogP contribution in [0.25, 0.3) is 0 Å². The van der Waals surface area contributed by atoms with Gasteiger partial charge in [-0.25, -0.2) is 4.63 Å². The Hall–Kier alpha value is -2.21. The number of hydrogen-bond acceptors (Lipinski definition) is 5. The number of nitrogens with one attached hydrogen (secondary N) is 1. The van der Waals surface area contributed by atoms with Crippen LogP contribution in [0.3, 0.4) is 0 Å². The van der Waals surface area contributed by atoms with Crippen molar-refractivity contribution >= 4 is 5.91 Å². The minimum Gasteiger partial charge on any atom is -0.349 e. The molecule has 112 valence electrons. The summed E-state index contributed by atoms with van der Waals surface area (Å²) in [6.45, 7) is 4.23. The number of amides is 1. The highest BCUT2D eigenvalue weighted by Crippen LogP contribution is 2.18. The number of likely N-dealkylation sites (N-methyl/N-ethyl adjacent to an activating group) is 1. The highest BCUT2D eigenvalue weighted by Gasteiger charge is 2.19. The molecule has 1 N–H and O–H groups in total. The third kappa shape index (κ3) is 3.66. The van der Waals surface area contributed by atoms with Crippen molar-refractivity contribution in [2.45, 2.75) is 19.9 Å². The summed E-state index contributed by atoms with van der Waals surface area (Å²) in [5.74, 6) is -0.271. The molecule has 6 heteroatoms. The van der Waals surface area contributed by atoms with Crippen molar-refractivity contribution in [2.75, 3.05) is 20.6 Å². The molecule has 0 saturated heterocycles. The molecular weight excluding hydrogens is 268 g/mol. The molecule has 1 atom stereocenters. The van der Waals surface area contributed by atoms with Gasteiger partial charge in [0.1, 0.15) is 5.69 Å². The van der Waals surface area contributed by atoms with Crippen molar-refractivity contribution in [2.24, 2.45) is 0 Å². The number of benzene rings is 1. The monoisotopic (exact) mass is 288 g/mol. The Morgan fingerprint density at radius 2 is 1.90 bits per heavy atom. The van der Waals surface area contributed by atoms with Crippen LogP contribution in [0.2, 0.25) is 0 Å². The molecule has 1 heterocycles. The number of rotatable bonds is 5. The number of aryl methyl sites for hydroxylation is 2. The molecule has 6 nitrogen and oxygen atoms in total. The van der Waals surface area contributed by atoms with Crippen LogP contribution in [-0.2, 0) is 0 Å². The molecule has 0 aliphatic carbocycles.